The molecule has 0 heterocycles. The highest BCUT2D eigenvalue weighted by Crippen LogP contribution is 2.17. The van der Waals surface area contributed by atoms with Crippen LogP contribution in [0.15, 0.2) is 29.2 Å². The lowest BCUT2D eigenvalue weighted by molar-refractivity contribution is -0.121. The van der Waals surface area contributed by atoms with Gasteiger partial charge >= 0.3 is 6.18 Å². The van der Waals surface area contributed by atoms with Crippen molar-refractivity contribution in [2.24, 2.45) is 5.73 Å². The number of hydrogen-bond acceptors (Lipinski definition) is 4. The fourth-order valence-electron chi connectivity index (χ4n) is 1.46. The van der Waals surface area contributed by atoms with Crippen molar-refractivity contribution in [3.05, 3.63) is 24.3 Å². The van der Waals surface area contributed by atoms with E-state index in [0.717, 1.165) is 12.1 Å². The summed E-state index contributed by atoms with van der Waals surface area (Å²) >= 11 is 0. The summed E-state index contributed by atoms with van der Waals surface area (Å²) in [5.74, 6) is -0.281. The van der Waals surface area contributed by atoms with Crippen LogP contribution in [-0.2, 0) is 14.8 Å². The lowest BCUT2D eigenvalue weighted by Gasteiger charge is -2.10. The zero-order valence-corrected chi connectivity index (χ0v) is 12.3. The van der Waals surface area contributed by atoms with E-state index in [1.165, 1.54) is 16.9 Å². The van der Waals surface area contributed by atoms with Gasteiger partial charge in [0.15, 0.2) is 0 Å². The van der Waals surface area contributed by atoms with Crippen molar-refractivity contribution >= 4 is 21.6 Å². The van der Waals surface area contributed by atoms with E-state index in [0.29, 0.717) is 18.7 Å². The van der Waals surface area contributed by atoms with Crippen LogP contribution in [0.3, 0.4) is 0 Å². The summed E-state index contributed by atoms with van der Waals surface area (Å²) < 4.78 is 60.8. The maximum absolute atomic E-state index is 12.0. The molecule has 4 N–H and O–H groups in total. The molecule has 1 rings (SSSR count). The molecule has 0 radical (unpaired) electrons. The number of amides is 1. The highest BCUT2D eigenvalue weighted by atomic mass is 32.2. The Balaban J connectivity index is 2.69. The van der Waals surface area contributed by atoms with Crippen LogP contribution in [0.2, 0.25) is 0 Å². The van der Waals surface area contributed by atoms with Crippen molar-refractivity contribution in [3.63, 3.8) is 0 Å². The van der Waals surface area contributed by atoms with Crippen LogP contribution >= 0.6 is 0 Å². The normalized spacial score (nSPS) is 12.2. The predicted molar refractivity (Wildman–Crippen MR) is 74.6 cm³/mol. The molecular formula is C12H16F3N3O3S. The average molecular weight is 339 g/mol. The summed E-state index contributed by atoms with van der Waals surface area (Å²) in [5, 5.41) is 2.52. The molecule has 0 bridgehead atoms. The standard InChI is InChI=1S/C12H16F3N3O3S/c13-12(14,15)8-17-22(20,21)10-5-3-9(4-6-10)18-11(19)2-1-7-16/h3-6,17H,1-2,7-8,16H2,(H,18,19). The number of alkyl halides is 3. The van der Waals surface area contributed by atoms with Crippen LogP contribution in [0.1, 0.15) is 12.8 Å². The molecule has 0 aliphatic carbocycles. The highest BCUT2D eigenvalue weighted by molar-refractivity contribution is 7.89. The van der Waals surface area contributed by atoms with Crippen LogP contribution in [-0.4, -0.2) is 33.6 Å². The molecule has 0 aromatic heterocycles. The third kappa shape index (κ3) is 6.41. The van der Waals surface area contributed by atoms with E-state index >= 15 is 0 Å². The van der Waals surface area contributed by atoms with Gasteiger partial charge in [0.1, 0.15) is 6.54 Å². The third-order valence-electron chi connectivity index (χ3n) is 2.52. The van der Waals surface area contributed by atoms with Crippen molar-refractivity contribution in [1.29, 1.82) is 0 Å². The Kier molecular flexibility index (Phi) is 6.33. The van der Waals surface area contributed by atoms with Gasteiger partial charge in [0.05, 0.1) is 4.90 Å². The quantitative estimate of drug-likeness (QED) is 0.695. The number of hydrogen-bond donors (Lipinski definition) is 3. The number of nitrogens with one attached hydrogen (secondary N) is 2. The number of anilines is 1. The molecule has 0 atom stereocenters. The van der Waals surface area contributed by atoms with E-state index in [-0.39, 0.29) is 17.2 Å². The monoisotopic (exact) mass is 339 g/mol. The molecule has 0 aliphatic heterocycles. The minimum absolute atomic E-state index is 0.226. The molecule has 1 aromatic carbocycles. The van der Waals surface area contributed by atoms with E-state index < -0.39 is 22.7 Å². The van der Waals surface area contributed by atoms with Gasteiger partial charge in [-0.1, -0.05) is 0 Å². The van der Waals surface area contributed by atoms with Gasteiger partial charge in [-0.2, -0.15) is 13.2 Å². The lowest BCUT2D eigenvalue weighted by Crippen LogP contribution is -2.33. The summed E-state index contributed by atoms with van der Waals surface area (Å²) in [6.45, 7) is -1.28. The maximum Gasteiger partial charge on any atom is 0.402 e. The molecular weight excluding hydrogens is 323 g/mol. The first-order valence-corrected chi connectivity index (χ1v) is 7.79. The molecule has 124 valence electrons. The zero-order chi connectivity index (χ0) is 16.8. The first-order chi connectivity index (χ1) is 10.1. The zero-order valence-electron chi connectivity index (χ0n) is 11.5. The molecule has 1 amide bonds. The number of halogens is 3. The topological polar surface area (TPSA) is 101 Å². The molecule has 0 spiro atoms. The van der Waals surface area contributed by atoms with Gasteiger partial charge in [-0.05, 0) is 37.2 Å². The summed E-state index contributed by atoms with van der Waals surface area (Å²) in [4.78, 5) is 11.1. The second-order valence-corrected chi connectivity index (χ2v) is 6.17. The molecule has 22 heavy (non-hydrogen) atoms. The van der Waals surface area contributed by atoms with Crippen LogP contribution in [0.5, 0.6) is 0 Å². The van der Waals surface area contributed by atoms with Crippen LogP contribution < -0.4 is 15.8 Å². The van der Waals surface area contributed by atoms with Gasteiger partial charge in [-0.15, -0.1) is 0 Å². The average Bonchev–Trinajstić information content (AvgIpc) is 2.43. The molecule has 6 nitrogen and oxygen atoms in total. The highest BCUT2D eigenvalue weighted by Gasteiger charge is 2.29. The van der Waals surface area contributed by atoms with E-state index in [1.54, 1.807) is 0 Å². The Morgan fingerprint density at radius 1 is 1.18 bits per heavy atom. The Bertz CT molecular complexity index is 600. The predicted octanol–water partition coefficient (Wildman–Crippen LogP) is 1.20. The van der Waals surface area contributed by atoms with Gasteiger partial charge in [-0.25, -0.2) is 13.1 Å². The van der Waals surface area contributed by atoms with Crippen molar-refractivity contribution in [2.45, 2.75) is 23.9 Å². The Morgan fingerprint density at radius 2 is 1.77 bits per heavy atom. The van der Waals surface area contributed by atoms with Gasteiger partial charge in [0, 0.05) is 12.1 Å². The van der Waals surface area contributed by atoms with E-state index in [2.05, 4.69) is 5.32 Å². The lowest BCUT2D eigenvalue weighted by atomic mass is 10.2. The van der Waals surface area contributed by atoms with E-state index in [9.17, 15) is 26.4 Å². The second-order valence-electron chi connectivity index (χ2n) is 4.40. The smallest absolute Gasteiger partial charge is 0.330 e. The SMILES string of the molecule is NCCCC(=O)Nc1ccc(S(=O)(=O)NCC(F)(F)F)cc1. The first kappa shape index (κ1) is 18.4. The molecule has 0 unspecified atom stereocenters. The minimum Gasteiger partial charge on any atom is -0.330 e. The van der Waals surface area contributed by atoms with Gasteiger partial charge in [-0.3, -0.25) is 4.79 Å². The number of sulfonamides is 1. The molecule has 0 fully saturated rings. The first-order valence-electron chi connectivity index (χ1n) is 6.30. The number of nitrogens with two attached hydrogens (primary N) is 1. The molecule has 1 aromatic rings. The summed E-state index contributed by atoms with van der Waals surface area (Å²) in [7, 11) is -4.25. The Labute approximate surface area is 125 Å². The van der Waals surface area contributed by atoms with Gasteiger partial charge < -0.3 is 11.1 Å². The number of benzene rings is 1. The van der Waals surface area contributed by atoms with Crippen molar-refractivity contribution < 1.29 is 26.4 Å². The molecule has 10 heteroatoms. The van der Waals surface area contributed by atoms with Crippen LogP contribution in [0.25, 0.3) is 0 Å². The maximum atomic E-state index is 12.0. The minimum atomic E-state index is -4.63. The fraction of sp³-hybridized carbons (Fsp3) is 0.417. The van der Waals surface area contributed by atoms with Crippen LogP contribution in [0, 0.1) is 0 Å². The Hall–Kier alpha value is -1.65. The third-order valence-corrected chi connectivity index (χ3v) is 3.94. The van der Waals surface area contributed by atoms with E-state index in [1.807, 2.05) is 0 Å². The second kappa shape index (κ2) is 7.56. The fourth-order valence-corrected chi connectivity index (χ4v) is 2.48. The van der Waals surface area contributed by atoms with E-state index in [4.69, 9.17) is 5.73 Å². The molecule has 0 saturated heterocycles. The van der Waals surface area contributed by atoms with Crippen molar-refractivity contribution in [2.75, 3.05) is 18.4 Å². The van der Waals surface area contributed by atoms with Crippen molar-refractivity contribution in [3.8, 4) is 0 Å². The number of carbonyl (C=O) groups excluding carboxylic acids is 1. The largest absolute Gasteiger partial charge is 0.402 e. The summed E-state index contributed by atoms with van der Waals surface area (Å²) in [5.41, 5.74) is 5.61. The molecule has 0 aliphatic rings. The summed E-state index contributed by atoms with van der Waals surface area (Å²) in [6, 6.07) is 4.81. The van der Waals surface area contributed by atoms with Gasteiger partial charge in [0.2, 0.25) is 15.9 Å². The number of carbonyl (C=O) groups is 1. The summed E-state index contributed by atoms with van der Waals surface area (Å²) in [6.07, 6.45) is -3.90. The Morgan fingerprint density at radius 3 is 2.27 bits per heavy atom. The number of rotatable bonds is 7. The van der Waals surface area contributed by atoms with Crippen molar-refractivity contribution in [1.82, 2.24) is 4.72 Å². The van der Waals surface area contributed by atoms with Crippen LogP contribution in [0.4, 0.5) is 18.9 Å². The molecule has 0 saturated carbocycles. The van der Waals surface area contributed by atoms with Gasteiger partial charge in [0.25, 0.3) is 0 Å².